The first-order valence-electron chi connectivity index (χ1n) is 3.69. The second-order valence-corrected chi connectivity index (χ2v) is 3.28. The SMILES string of the molecule is Cc1cc(Cl)cc(C(=O)C(F)(F)F)c1. The van der Waals surface area contributed by atoms with Crippen LogP contribution in [0.15, 0.2) is 18.2 Å². The molecule has 5 heteroatoms. The van der Waals surface area contributed by atoms with Gasteiger partial charge in [-0.1, -0.05) is 11.6 Å². The Labute approximate surface area is 83.5 Å². The molecule has 0 aliphatic carbocycles. The van der Waals surface area contributed by atoms with E-state index in [9.17, 15) is 18.0 Å². The van der Waals surface area contributed by atoms with Crippen LogP contribution >= 0.6 is 11.6 Å². The van der Waals surface area contributed by atoms with E-state index < -0.39 is 17.5 Å². The van der Waals surface area contributed by atoms with Crippen molar-refractivity contribution in [1.29, 1.82) is 0 Å². The number of hydrogen-bond acceptors (Lipinski definition) is 1. The molecule has 1 aromatic rings. The summed E-state index contributed by atoms with van der Waals surface area (Å²) >= 11 is 5.52. The van der Waals surface area contributed by atoms with Gasteiger partial charge in [-0.2, -0.15) is 13.2 Å². The fourth-order valence-corrected chi connectivity index (χ4v) is 1.32. The number of rotatable bonds is 1. The standard InChI is InChI=1S/C9H6ClF3O/c1-5-2-6(4-7(10)3-5)8(14)9(11,12)13/h2-4H,1H3. The number of Topliss-reactive ketones (excluding diaryl/α,β-unsaturated/α-hetero) is 1. The molecule has 0 radical (unpaired) electrons. The molecule has 0 unspecified atom stereocenters. The smallest absolute Gasteiger partial charge is 0.284 e. The van der Waals surface area contributed by atoms with Crippen LogP contribution in [-0.2, 0) is 0 Å². The zero-order valence-electron chi connectivity index (χ0n) is 7.15. The van der Waals surface area contributed by atoms with Crippen molar-refractivity contribution in [3.05, 3.63) is 34.3 Å². The summed E-state index contributed by atoms with van der Waals surface area (Å²) in [7, 11) is 0. The highest BCUT2D eigenvalue weighted by Crippen LogP contribution is 2.24. The lowest BCUT2D eigenvalue weighted by Crippen LogP contribution is -2.22. The van der Waals surface area contributed by atoms with Crippen molar-refractivity contribution in [1.82, 2.24) is 0 Å². The van der Waals surface area contributed by atoms with Gasteiger partial charge in [0.1, 0.15) is 0 Å². The van der Waals surface area contributed by atoms with E-state index in [-0.39, 0.29) is 5.02 Å². The molecule has 0 spiro atoms. The third-order valence-electron chi connectivity index (χ3n) is 1.56. The molecule has 1 nitrogen and oxygen atoms in total. The minimum Gasteiger partial charge on any atom is -0.284 e. The summed E-state index contributed by atoms with van der Waals surface area (Å²) in [6.45, 7) is 1.57. The minimum absolute atomic E-state index is 0.123. The van der Waals surface area contributed by atoms with Gasteiger partial charge >= 0.3 is 6.18 Å². The van der Waals surface area contributed by atoms with E-state index in [0.29, 0.717) is 5.56 Å². The first kappa shape index (κ1) is 11.0. The summed E-state index contributed by atoms with van der Waals surface area (Å²) in [4.78, 5) is 10.8. The Morgan fingerprint density at radius 2 is 1.86 bits per heavy atom. The van der Waals surface area contributed by atoms with Crippen LogP contribution < -0.4 is 0 Å². The van der Waals surface area contributed by atoms with Crippen molar-refractivity contribution < 1.29 is 18.0 Å². The molecular weight excluding hydrogens is 217 g/mol. The number of carbonyl (C=O) groups excluding carboxylic acids is 1. The van der Waals surface area contributed by atoms with Gasteiger partial charge in [0, 0.05) is 10.6 Å². The fourth-order valence-electron chi connectivity index (χ4n) is 1.03. The van der Waals surface area contributed by atoms with Gasteiger partial charge in [-0.3, -0.25) is 4.79 Å². The average molecular weight is 223 g/mol. The lowest BCUT2D eigenvalue weighted by molar-refractivity contribution is -0.0885. The second kappa shape index (κ2) is 3.61. The van der Waals surface area contributed by atoms with Crippen LogP contribution in [0.1, 0.15) is 15.9 Å². The van der Waals surface area contributed by atoms with Crippen LogP contribution in [0.5, 0.6) is 0 Å². The van der Waals surface area contributed by atoms with E-state index >= 15 is 0 Å². The number of halogens is 4. The van der Waals surface area contributed by atoms with Gasteiger partial charge in [-0.15, -0.1) is 0 Å². The van der Waals surface area contributed by atoms with Gasteiger partial charge in [0.15, 0.2) is 0 Å². The Bertz CT molecular complexity index is 351. The lowest BCUT2D eigenvalue weighted by atomic mass is 10.1. The number of aryl methyl sites for hydroxylation is 1. The molecule has 0 saturated heterocycles. The van der Waals surface area contributed by atoms with Crippen LogP contribution in [0.2, 0.25) is 5.02 Å². The molecule has 0 bridgehead atoms. The molecule has 1 aromatic carbocycles. The molecule has 0 fully saturated rings. The average Bonchev–Trinajstić information content (AvgIpc) is 1.99. The molecule has 14 heavy (non-hydrogen) atoms. The molecule has 76 valence electrons. The minimum atomic E-state index is -4.85. The van der Waals surface area contributed by atoms with Crippen molar-refractivity contribution in [2.24, 2.45) is 0 Å². The molecule has 1 rings (SSSR count). The summed E-state index contributed by atoms with van der Waals surface area (Å²) < 4.78 is 36.0. The van der Waals surface area contributed by atoms with E-state index in [1.807, 2.05) is 0 Å². The van der Waals surface area contributed by atoms with E-state index in [1.54, 1.807) is 6.92 Å². The zero-order valence-corrected chi connectivity index (χ0v) is 7.91. The number of alkyl halides is 3. The van der Waals surface area contributed by atoms with Gasteiger partial charge in [-0.05, 0) is 30.7 Å². The van der Waals surface area contributed by atoms with Gasteiger partial charge < -0.3 is 0 Å². The Hall–Kier alpha value is -1.03. The lowest BCUT2D eigenvalue weighted by Gasteiger charge is -2.06. The van der Waals surface area contributed by atoms with Crippen LogP contribution in [0.3, 0.4) is 0 Å². The highest BCUT2D eigenvalue weighted by Gasteiger charge is 2.39. The summed E-state index contributed by atoms with van der Waals surface area (Å²) in [6, 6.07) is 3.64. The molecule has 0 aliphatic heterocycles. The van der Waals surface area contributed by atoms with Crippen LogP contribution in [-0.4, -0.2) is 12.0 Å². The third kappa shape index (κ3) is 2.48. The predicted octanol–water partition coefficient (Wildman–Crippen LogP) is 3.39. The predicted molar refractivity (Wildman–Crippen MR) is 46.6 cm³/mol. The Kier molecular flexibility index (Phi) is 2.85. The highest BCUT2D eigenvalue weighted by molar-refractivity contribution is 6.31. The van der Waals surface area contributed by atoms with Gasteiger partial charge in [-0.25, -0.2) is 0 Å². The second-order valence-electron chi connectivity index (χ2n) is 2.84. The van der Waals surface area contributed by atoms with Crippen molar-refractivity contribution >= 4 is 17.4 Å². The Morgan fingerprint density at radius 3 is 2.29 bits per heavy atom. The Balaban J connectivity index is 3.14. The monoisotopic (exact) mass is 222 g/mol. The first-order chi connectivity index (χ1) is 6.30. The number of carbonyl (C=O) groups is 1. The van der Waals surface area contributed by atoms with E-state index in [4.69, 9.17) is 11.6 Å². The maximum Gasteiger partial charge on any atom is 0.454 e. The van der Waals surface area contributed by atoms with Crippen molar-refractivity contribution in [2.45, 2.75) is 13.1 Å². The van der Waals surface area contributed by atoms with Crippen molar-refractivity contribution in [2.75, 3.05) is 0 Å². The van der Waals surface area contributed by atoms with E-state index in [1.165, 1.54) is 6.07 Å². The molecule has 0 N–H and O–H groups in total. The van der Waals surface area contributed by atoms with Gasteiger partial charge in [0.25, 0.3) is 5.78 Å². The quantitative estimate of drug-likeness (QED) is 0.666. The molecule has 0 heterocycles. The normalized spacial score (nSPS) is 11.5. The maximum absolute atomic E-state index is 12.0. The van der Waals surface area contributed by atoms with Crippen LogP contribution in [0, 0.1) is 6.92 Å². The van der Waals surface area contributed by atoms with Crippen LogP contribution in [0.4, 0.5) is 13.2 Å². The topological polar surface area (TPSA) is 17.1 Å². The molecule has 0 aromatic heterocycles. The van der Waals surface area contributed by atoms with Gasteiger partial charge in [0.05, 0.1) is 0 Å². The number of hydrogen-bond donors (Lipinski definition) is 0. The molecule has 0 aliphatic rings. The number of ketones is 1. The summed E-state index contributed by atoms with van der Waals surface area (Å²) in [5.41, 5.74) is 0.0904. The zero-order chi connectivity index (χ0) is 10.9. The molecule has 0 atom stereocenters. The third-order valence-corrected chi connectivity index (χ3v) is 1.78. The Morgan fingerprint density at radius 1 is 1.29 bits per heavy atom. The maximum atomic E-state index is 12.0. The summed E-state index contributed by atoms with van der Waals surface area (Å²) in [5.74, 6) is -1.87. The van der Waals surface area contributed by atoms with Crippen LogP contribution in [0.25, 0.3) is 0 Å². The molecule has 0 amide bonds. The number of benzene rings is 1. The highest BCUT2D eigenvalue weighted by atomic mass is 35.5. The molecule has 0 saturated carbocycles. The van der Waals surface area contributed by atoms with E-state index in [2.05, 4.69) is 0 Å². The fraction of sp³-hybridized carbons (Fsp3) is 0.222. The molecular formula is C9H6ClF3O. The summed E-state index contributed by atoms with van der Waals surface area (Å²) in [6.07, 6.45) is -4.85. The van der Waals surface area contributed by atoms with Crippen molar-refractivity contribution in [3.8, 4) is 0 Å². The largest absolute Gasteiger partial charge is 0.454 e. The first-order valence-corrected chi connectivity index (χ1v) is 4.07. The van der Waals surface area contributed by atoms with Crippen molar-refractivity contribution in [3.63, 3.8) is 0 Å². The van der Waals surface area contributed by atoms with E-state index in [0.717, 1.165) is 12.1 Å². The van der Waals surface area contributed by atoms with Gasteiger partial charge in [0.2, 0.25) is 0 Å². The summed E-state index contributed by atoms with van der Waals surface area (Å²) in [5, 5.41) is 0.123.